The van der Waals surface area contributed by atoms with E-state index in [9.17, 15) is 20.4 Å². The summed E-state index contributed by atoms with van der Waals surface area (Å²) in [4.78, 5) is 0. The molecule has 0 aliphatic carbocycles. The molecular formula is C14H22N2O7S. The van der Waals surface area contributed by atoms with E-state index in [-0.39, 0.29) is 0 Å². The van der Waals surface area contributed by atoms with E-state index in [1.165, 1.54) is 0 Å². The lowest BCUT2D eigenvalue weighted by Gasteiger charge is -2.39. The van der Waals surface area contributed by atoms with E-state index in [2.05, 4.69) is 4.72 Å². The number of hydrogen-bond donors (Lipinski definition) is 6. The Kier molecular flexibility index (Phi) is 7.07. The molecule has 7 N–H and O–H groups in total. The smallest absolute Gasteiger partial charge is 0.229 e. The van der Waals surface area contributed by atoms with Gasteiger partial charge >= 0.3 is 0 Å². The Balaban J connectivity index is 2.19. The number of nitrogens with two attached hydrogens (primary N) is 1. The van der Waals surface area contributed by atoms with E-state index < -0.39 is 37.3 Å². The van der Waals surface area contributed by atoms with Gasteiger partial charge in [0.2, 0.25) is 6.29 Å². The zero-order chi connectivity index (χ0) is 17.7. The third-order valence-electron chi connectivity index (χ3n) is 3.62. The largest absolute Gasteiger partial charge is 0.460 e. The molecule has 0 spiro atoms. The fraction of sp³-hybridized carbons (Fsp3) is 0.571. The molecule has 1 aliphatic heterocycles. The number of ether oxygens (including phenoxy) is 3. The van der Waals surface area contributed by atoms with Crippen LogP contribution >= 0.6 is 12.1 Å². The predicted octanol–water partition coefficient (Wildman–Crippen LogP) is -1.05. The van der Waals surface area contributed by atoms with Crippen LogP contribution in [-0.2, 0) is 16.1 Å². The summed E-state index contributed by atoms with van der Waals surface area (Å²) in [6, 6.07) is 5.15. The summed E-state index contributed by atoms with van der Waals surface area (Å²) in [5.74, 6) is 0.317. The summed E-state index contributed by atoms with van der Waals surface area (Å²) in [5, 5.41) is 44.2. The SMILES string of the molecule is COCc1ccc(OC2OC(CO)C(O)C(O)C2O)c(NSN)c1. The lowest BCUT2D eigenvalue weighted by atomic mass is 9.99. The molecule has 5 atom stereocenters. The Bertz CT molecular complexity index is 534. The predicted molar refractivity (Wildman–Crippen MR) is 87.0 cm³/mol. The first kappa shape index (κ1) is 19.2. The maximum atomic E-state index is 10.0. The minimum atomic E-state index is -1.51. The van der Waals surface area contributed by atoms with Crippen LogP contribution in [0, 0.1) is 0 Å². The van der Waals surface area contributed by atoms with Gasteiger partial charge in [0.15, 0.2) is 0 Å². The average Bonchev–Trinajstić information content (AvgIpc) is 2.58. The quantitative estimate of drug-likeness (QED) is 0.332. The summed E-state index contributed by atoms with van der Waals surface area (Å²) >= 11 is 0.861. The molecule has 1 aliphatic rings. The van der Waals surface area contributed by atoms with Crippen molar-refractivity contribution in [3.63, 3.8) is 0 Å². The number of aliphatic hydroxyl groups is 4. The summed E-state index contributed by atoms with van der Waals surface area (Å²) < 4.78 is 18.8. The number of hydrogen-bond acceptors (Lipinski definition) is 10. The highest BCUT2D eigenvalue weighted by molar-refractivity contribution is 7.98. The van der Waals surface area contributed by atoms with Crippen LogP contribution in [0.1, 0.15) is 5.56 Å². The van der Waals surface area contributed by atoms with E-state index in [1.807, 2.05) is 0 Å². The Morgan fingerprint density at radius 3 is 2.62 bits per heavy atom. The molecule has 5 unspecified atom stereocenters. The van der Waals surface area contributed by atoms with E-state index in [4.69, 9.17) is 19.3 Å². The first-order valence-corrected chi connectivity index (χ1v) is 8.10. The first-order valence-electron chi connectivity index (χ1n) is 7.22. The van der Waals surface area contributed by atoms with Gasteiger partial charge in [0.1, 0.15) is 30.2 Å². The highest BCUT2D eigenvalue weighted by Gasteiger charge is 2.44. The van der Waals surface area contributed by atoms with Gasteiger partial charge in [-0.1, -0.05) is 6.07 Å². The van der Waals surface area contributed by atoms with Gasteiger partial charge in [0, 0.05) is 19.2 Å². The summed E-state index contributed by atoms with van der Waals surface area (Å²) in [5.41, 5.74) is 1.39. The van der Waals surface area contributed by atoms with E-state index >= 15 is 0 Å². The highest BCUT2D eigenvalue weighted by atomic mass is 32.2. The van der Waals surface area contributed by atoms with E-state index in [0.717, 1.165) is 17.7 Å². The van der Waals surface area contributed by atoms with Gasteiger partial charge in [-0.05, 0) is 17.7 Å². The van der Waals surface area contributed by atoms with E-state index in [1.54, 1.807) is 25.3 Å². The molecule has 10 heteroatoms. The van der Waals surface area contributed by atoms with Crippen molar-refractivity contribution >= 4 is 17.8 Å². The second-order valence-corrected chi connectivity index (χ2v) is 5.74. The van der Waals surface area contributed by atoms with Crippen molar-refractivity contribution in [1.82, 2.24) is 0 Å². The fourth-order valence-corrected chi connectivity index (χ4v) is 2.66. The number of nitrogens with one attached hydrogen (secondary N) is 1. The zero-order valence-electron chi connectivity index (χ0n) is 13.0. The van der Waals surface area contributed by atoms with Crippen molar-refractivity contribution in [2.75, 3.05) is 18.4 Å². The van der Waals surface area contributed by atoms with Gasteiger partial charge < -0.3 is 39.4 Å². The minimum Gasteiger partial charge on any atom is -0.460 e. The number of methoxy groups -OCH3 is 1. The summed E-state index contributed by atoms with van der Waals surface area (Å²) in [6.45, 7) is -0.133. The third kappa shape index (κ3) is 4.29. The van der Waals surface area contributed by atoms with Crippen LogP contribution in [-0.4, -0.2) is 64.8 Å². The van der Waals surface area contributed by atoms with Crippen molar-refractivity contribution in [1.29, 1.82) is 0 Å². The molecule has 1 heterocycles. The zero-order valence-corrected chi connectivity index (χ0v) is 13.8. The molecule has 0 bridgehead atoms. The van der Waals surface area contributed by atoms with Gasteiger partial charge in [-0.15, -0.1) is 0 Å². The molecule has 0 radical (unpaired) electrons. The molecule has 0 aromatic heterocycles. The summed E-state index contributed by atoms with van der Waals surface area (Å²) in [7, 11) is 1.57. The molecular weight excluding hydrogens is 340 g/mol. The number of aliphatic hydroxyl groups excluding tert-OH is 4. The average molecular weight is 362 g/mol. The Hall–Kier alpha value is -1.11. The summed E-state index contributed by atoms with van der Waals surface area (Å²) in [6.07, 6.45) is -6.74. The first-order chi connectivity index (χ1) is 11.5. The van der Waals surface area contributed by atoms with Crippen molar-refractivity contribution in [3.8, 4) is 5.75 Å². The molecule has 24 heavy (non-hydrogen) atoms. The van der Waals surface area contributed by atoms with Gasteiger partial charge in [-0.3, -0.25) is 5.14 Å². The van der Waals surface area contributed by atoms with Crippen molar-refractivity contribution in [2.45, 2.75) is 37.3 Å². The molecule has 0 amide bonds. The fourth-order valence-electron chi connectivity index (χ4n) is 2.37. The molecule has 9 nitrogen and oxygen atoms in total. The number of benzene rings is 1. The monoisotopic (exact) mass is 362 g/mol. The third-order valence-corrected chi connectivity index (χ3v) is 3.95. The maximum absolute atomic E-state index is 10.0. The molecule has 136 valence electrons. The van der Waals surface area contributed by atoms with Crippen molar-refractivity contribution in [2.24, 2.45) is 5.14 Å². The van der Waals surface area contributed by atoms with Crippen LogP contribution in [0.5, 0.6) is 5.75 Å². The van der Waals surface area contributed by atoms with Gasteiger partial charge in [-0.2, -0.15) is 0 Å². The Labute approximate surface area is 143 Å². The van der Waals surface area contributed by atoms with Crippen LogP contribution in [0.2, 0.25) is 0 Å². The lowest BCUT2D eigenvalue weighted by molar-refractivity contribution is -0.277. The number of anilines is 1. The minimum absolute atomic E-state index is 0.317. The highest BCUT2D eigenvalue weighted by Crippen LogP contribution is 2.31. The molecule has 1 aromatic carbocycles. The molecule has 1 fully saturated rings. The van der Waals surface area contributed by atoms with Crippen LogP contribution in [0.15, 0.2) is 18.2 Å². The standard InChI is InChI=1S/C14H22N2O7S/c1-21-6-7-2-3-9(8(4-7)16-24-15)22-14-13(20)12(19)11(18)10(5-17)23-14/h2-4,10-14,16-20H,5-6,15H2,1H3. The Morgan fingerprint density at radius 1 is 1.25 bits per heavy atom. The van der Waals surface area contributed by atoms with Crippen molar-refractivity contribution in [3.05, 3.63) is 23.8 Å². The molecule has 0 saturated carbocycles. The second-order valence-electron chi connectivity index (χ2n) is 5.30. The van der Waals surface area contributed by atoms with Gasteiger partial charge in [0.05, 0.1) is 18.9 Å². The molecule has 2 rings (SSSR count). The van der Waals surface area contributed by atoms with E-state index in [0.29, 0.717) is 18.0 Å². The van der Waals surface area contributed by atoms with Crippen LogP contribution in [0.25, 0.3) is 0 Å². The van der Waals surface area contributed by atoms with Crippen LogP contribution < -0.4 is 14.6 Å². The van der Waals surface area contributed by atoms with Gasteiger partial charge in [0.25, 0.3) is 0 Å². The van der Waals surface area contributed by atoms with Crippen molar-refractivity contribution < 1.29 is 34.6 Å². The topological polar surface area (TPSA) is 147 Å². The number of rotatable bonds is 7. The Morgan fingerprint density at radius 2 is 2.00 bits per heavy atom. The normalized spacial score (nSPS) is 30.2. The second kappa shape index (κ2) is 8.83. The van der Waals surface area contributed by atoms with Gasteiger partial charge in [-0.25, -0.2) is 0 Å². The molecule has 1 aromatic rings. The molecule has 1 saturated heterocycles. The maximum Gasteiger partial charge on any atom is 0.229 e. The van der Waals surface area contributed by atoms with Crippen LogP contribution in [0.4, 0.5) is 5.69 Å². The lowest BCUT2D eigenvalue weighted by Crippen LogP contribution is -2.60. The van der Waals surface area contributed by atoms with Crippen LogP contribution in [0.3, 0.4) is 0 Å².